The van der Waals surface area contributed by atoms with Crippen molar-refractivity contribution in [2.24, 2.45) is 5.73 Å². The van der Waals surface area contributed by atoms with Crippen molar-refractivity contribution in [3.05, 3.63) is 35.9 Å². The molecule has 4 N–H and O–H groups in total. The molecule has 0 fully saturated rings. The smallest absolute Gasteiger partial charge is 0.236 e. The number of carbonyl (C=O) groups is 1. The van der Waals surface area contributed by atoms with E-state index in [2.05, 4.69) is 5.32 Å². The van der Waals surface area contributed by atoms with E-state index >= 15 is 0 Å². The van der Waals surface area contributed by atoms with Gasteiger partial charge in [0.15, 0.2) is 0 Å². The lowest BCUT2D eigenvalue weighted by atomic mass is 10.1. The van der Waals surface area contributed by atoms with Gasteiger partial charge in [-0.05, 0) is 31.2 Å². The Morgan fingerprint density at radius 1 is 1.32 bits per heavy atom. The maximum atomic E-state index is 11.7. The summed E-state index contributed by atoms with van der Waals surface area (Å²) in [5.74, 6) is -0.140. The van der Waals surface area contributed by atoms with Gasteiger partial charge in [-0.2, -0.15) is 0 Å². The minimum Gasteiger partial charge on any atom is -0.393 e. The third-order valence-electron chi connectivity index (χ3n) is 3.17. The average molecular weight is 264 g/mol. The van der Waals surface area contributed by atoms with E-state index in [1.807, 2.05) is 37.3 Å². The lowest BCUT2D eigenvalue weighted by Crippen LogP contribution is -2.41. The van der Waals surface area contributed by atoms with Gasteiger partial charge in [0.25, 0.3) is 0 Å². The highest BCUT2D eigenvalue weighted by molar-refractivity contribution is 5.81. The summed E-state index contributed by atoms with van der Waals surface area (Å²) in [6.45, 7) is 2.39. The molecule has 1 rings (SSSR count). The van der Waals surface area contributed by atoms with Crippen molar-refractivity contribution in [1.82, 2.24) is 5.32 Å². The molecule has 0 radical (unpaired) electrons. The minimum absolute atomic E-state index is 0.140. The highest BCUT2D eigenvalue weighted by Gasteiger charge is 2.13. The number of aliphatic hydroxyl groups excluding tert-OH is 1. The highest BCUT2D eigenvalue weighted by atomic mass is 16.3. The molecule has 0 spiro atoms. The Hall–Kier alpha value is -1.39. The van der Waals surface area contributed by atoms with Gasteiger partial charge in [0, 0.05) is 6.54 Å². The van der Waals surface area contributed by atoms with Crippen LogP contribution in [0.3, 0.4) is 0 Å². The van der Waals surface area contributed by atoms with Gasteiger partial charge >= 0.3 is 0 Å². The van der Waals surface area contributed by atoms with Gasteiger partial charge in [0.2, 0.25) is 5.91 Å². The van der Waals surface area contributed by atoms with Gasteiger partial charge in [-0.3, -0.25) is 4.79 Å². The molecule has 1 amide bonds. The molecule has 1 aromatic rings. The van der Waals surface area contributed by atoms with E-state index in [-0.39, 0.29) is 12.0 Å². The first-order chi connectivity index (χ1) is 9.13. The zero-order chi connectivity index (χ0) is 14.1. The van der Waals surface area contributed by atoms with E-state index in [1.165, 1.54) is 5.56 Å². The second-order valence-electron chi connectivity index (χ2n) is 4.77. The summed E-state index contributed by atoms with van der Waals surface area (Å²) in [6.07, 6.45) is 2.36. The SMILES string of the molecule is CCC(O)CCNC(=O)[C@@H](N)CCc1ccccc1. The van der Waals surface area contributed by atoms with Crippen molar-refractivity contribution in [3.8, 4) is 0 Å². The summed E-state index contributed by atoms with van der Waals surface area (Å²) in [4.78, 5) is 11.7. The van der Waals surface area contributed by atoms with Crippen molar-refractivity contribution in [2.45, 2.75) is 44.8 Å². The lowest BCUT2D eigenvalue weighted by Gasteiger charge is -2.13. The number of benzene rings is 1. The number of aryl methyl sites for hydroxylation is 1. The number of carbonyl (C=O) groups excluding carboxylic acids is 1. The molecule has 2 atom stereocenters. The number of amides is 1. The van der Waals surface area contributed by atoms with Crippen molar-refractivity contribution in [3.63, 3.8) is 0 Å². The summed E-state index contributed by atoms with van der Waals surface area (Å²) in [6, 6.07) is 9.50. The number of rotatable bonds is 8. The van der Waals surface area contributed by atoms with Crippen LogP contribution in [0.5, 0.6) is 0 Å². The second-order valence-corrected chi connectivity index (χ2v) is 4.77. The Bertz CT molecular complexity index is 368. The lowest BCUT2D eigenvalue weighted by molar-refractivity contribution is -0.122. The van der Waals surface area contributed by atoms with Crippen LogP contribution in [-0.4, -0.2) is 29.7 Å². The average Bonchev–Trinajstić information content (AvgIpc) is 2.45. The highest BCUT2D eigenvalue weighted by Crippen LogP contribution is 2.04. The summed E-state index contributed by atoms with van der Waals surface area (Å²) in [5.41, 5.74) is 7.03. The number of hydrogen-bond donors (Lipinski definition) is 3. The van der Waals surface area contributed by atoms with E-state index in [0.29, 0.717) is 25.8 Å². The van der Waals surface area contributed by atoms with Crippen LogP contribution in [-0.2, 0) is 11.2 Å². The predicted octanol–water partition coefficient (Wildman–Crippen LogP) is 1.22. The standard InChI is InChI=1S/C15H24N2O2/c1-2-13(18)10-11-17-15(19)14(16)9-8-12-6-4-3-5-7-12/h3-7,13-14,18H,2,8-11,16H2,1H3,(H,17,19)/t13?,14-/m0/s1. The number of nitrogens with one attached hydrogen (secondary N) is 1. The fourth-order valence-electron chi connectivity index (χ4n) is 1.80. The Balaban J connectivity index is 2.21. The van der Waals surface area contributed by atoms with Crippen molar-refractivity contribution in [1.29, 1.82) is 0 Å². The molecule has 0 heterocycles. The predicted molar refractivity (Wildman–Crippen MR) is 76.7 cm³/mol. The van der Waals surface area contributed by atoms with Gasteiger partial charge in [-0.15, -0.1) is 0 Å². The van der Waals surface area contributed by atoms with Crippen LogP contribution in [0, 0.1) is 0 Å². The summed E-state index contributed by atoms with van der Waals surface area (Å²) in [7, 11) is 0. The normalized spacial score (nSPS) is 13.8. The van der Waals surface area contributed by atoms with E-state index in [4.69, 9.17) is 5.73 Å². The quantitative estimate of drug-likeness (QED) is 0.661. The van der Waals surface area contributed by atoms with Crippen LogP contribution in [0.25, 0.3) is 0 Å². The molecule has 106 valence electrons. The van der Waals surface area contributed by atoms with Gasteiger partial charge < -0.3 is 16.2 Å². The molecule has 0 aromatic heterocycles. The van der Waals surface area contributed by atoms with Crippen LogP contribution in [0.1, 0.15) is 31.7 Å². The monoisotopic (exact) mass is 264 g/mol. The molecular weight excluding hydrogens is 240 g/mol. The molecule has 0 aliphatic heterocycles. The first-order valence-corrected chi connectivity index (χ1v) is 6.88. The van der Waals surface area contributed by atoms with Crippen LogP contribution < -0.4 is 11.1 Å². The Morgan fingerprint density at radius 2 is 2.00 bits per heavy atom. The number of nitrogens with two attached hydrogens (primary N) is 1. The van der Waals surface area contributed by atoms with Crippen LogP contribution in [0.4, 0.5) is 0 Å². The molecule has 1 unspecified atom stereocenters. The summed E-state index contributed by atoms with van der Waals surface area (Å²) < 4.78 is 0. The fourth-order valence-corrected chi connectivity index (χ4v) is 1.80. The maximum absolute atomic E-state index is 11.7. The third kappa shape index (κ3) is 6.36. The van der Waals surface area contributed by atoms with E-state index in [0.717, 1.165) is 6.42 Å². The van der Waals surface area contributed by atoms with Gasteiger partial charge in [0.05, 0.1) is 12.1 Å². The third-order valence-corrected chi connectivity index (χ3v) is 3.17. The maximum Gasteiger partial charge on any atom is 0.236 e. The van der Waals surface area contributed by atoms with E-state index in [9.17, 15) is 9.90 Å². The van der Waals surface area contributed by atoms with Crippen molar-refractivity contribution >= 4 is 5.91 Å². The van der Waals surface area contributed by atoms with Gasteiger partial charge in [-0.25, -0.2) is 0 Å². The van der Waals surface area contributed by atoms with E-state index in [1.54, 1.807) is 0 Å². The molecular formula is C15H24N2O2. The number of aliphatic hydroxyl groups is 1. The van der Waals surface area contributed by atoms with Crippen molar-refractivity contribution < 1.29 is 9.90 Å². The molecule has 1 aromatic carbocycles. The largest absolute Gasteiger partial charge is 0.393 e. The van der Waals surface area contributed by atoms with E-state index < -0.39 is 6.04 Å². The Labute approximate surface area is 115 Å². The first-order valence-electron chi connectivity index (χ1n) is 6.88. The Kier molecular flexibility index (Phi) is 7.15. The van der Waals surface area contributed by atoms with Crippen LogP contribution >= 0.6 is 0 Å². The molecule has 0 bridgehead atoms. The zero-order valence-corrected chi connectivity index (χ0v) is 11.5. The summed E-state index contributed by atoms with van der Waals surface area (Å²) in [5, 5.41) is 12.1. The molecule has 0 aliphatic rings. The molecule has 4 nitrogen and oxygen atoms in total. The minimum atomic E-state index is -0.487. The molecule has 4 heteroatoms. The first kappa shape index (κ1) is 15.7. The number of hydrogen-bond acceptors (Lipinski definition) is 3. The van der Waals surface area contributed by atoms with Crippen LogP contribution in [0.15, 0.2) is 30.3 Å². The molecule has 0 aliphatic carbocycles. The molecule has 0 saturated heterocycles. The topological polar surface area (TPSA) is 75.3 Å². The second kappa shape index (κ2) is 8.67. The fraction of sp³-hybridized carbons (Fsp3) is 0.533. The van der Waals surface area contributed by atoms with Gasteiger partial charge in [0.1, 0.15) is 0 Å². The molecule has 19 heavy (non-hydrogen) atoms. The summed E-state index contributed by atoms with van der Waals surface area (Å²) >= 11 is 0. The zero-order valence-electron chi connectivity index (χ0n) is 11.5. The molecule has 0 saturated carbocycles. The van der Waals surface area contributed by atoms with Crippen LogP contribution in [0.2, 0.25) is 0 Å². The van der Waals surface area contributed by atoms with Crippen molar-refractivity contribution in [2.75, 3.05) is 6.54 Å². The van der Waals surface area contributed by atoms with Gasteiger partial charge in [-0.1, -0.05) is 37.3 Å². The Morgan fingerprint density at radius 3 is 2.63 bits per heavy atom.